The first kappa shape index (κ1) is 16.9. The Balaban J connectivity index is 1.68. The number of aliphatic carboxylic acids is 1. The fourth-order valence-electron chi connectivity index (χ4n) is 3.25. The molecule has 1 unspecified atom stereocenters. The largest absolute Gasteiger partial charge is 0.480 e. The minimum atomic E-state index is -1.01. The monoisotopic (exact) mass is 389 g/mol. The van der Waals surface area contributed by atoms with Crippen LogP contribution in [0.4, 0.5) is 0 Å². The van der Waals surface area contributed by atoms with Gasteiger partial charge in [0.1, 0.15) is 17.4 Å². The van der Waals surface area contributed by atoms with Crippen LogP contribution >= 0.6 is 22.7 Å². The van der Waals surface area contributed by atoms with Gasteiger partial charge >= 0.3 is 5.97 Å². The minimum absolute atomic E-state index is 0.203. The first-order valence-electron chi connectivity index (χ1n) is 8.09. The molecule has 0 radical (unpaired) electrons. The number of likely N-dealkylation sites (tertiary alicyclic amines) is 1. The van der Waals surface area contributed by atoms with Crippen molar-refractivity contribution in [2.45, 2.75) is 25.4 Å². The average Bonchev–Trinajstić information content (AvgIpc) is 3.36. The number of aromatic nitrogens is 2. The Hall–Kier alpha value is -2.52. The lowest BCUT2D eigenvalue weighted by molar-refractivity contribution is -0.148. The number of thiophene rings is 2. The Labute approximate surface area is 156 Å². The molecule has 4 heterocycles. The van der Waals surface area contributed by atoms with Crippen molar-refractivity contribution in [3.05, 3.63) is 39.6 Å². The van der Waals surface area contributed by atoms with Crippen LogP contribution in [0.3, 0.4) is 0 Å². The molecule has 9 heteroatoms. The molecule has 0 saturated carbocycles. The van der Waals surface area contributed by atoms with Crippen molar-refractivity contribution >= 4 is 44.8 Å². The summed E-state index contributed by atoms with van der Waals surface area (Å²) in [7, 11) is 0. The second-order valence-corrected chi connectivity index (χ2v) is 7.87. The van der Waals surface area contributed by atoms with Gasteiger partial charge in [-0.25, -0.2) is 9.78 Å². The molecule has 1 atom stereocenters. The van der Waals surface area contributed by atoms with E-state index in [0.29, 0.717) is 29.6 Å². The smallest absolute Gasteiger partial charge is 0.326 e. The fraction of sp³-hybridized carbons (Fsp3) is 0.294. The van der Waals surface area contributed by atoms with Crippen molar-refractivity contribution in [2.75, 3.05) is 6.54 Å². The van der Waals surface area contributed by atoms with E-state index in [1.807, 2.05) is 22.9 Å². The standard InChI is InChI=1S/C17H15N3O4S2/c21-13(20-5-1-3-11(20)17(23)24)7-19-9-18-15-14(16(19)22)10(8-26-15)12-4-2-6-25-12/h2,4,6,8-9,11H,1,3,5,7H2,(H,23,24). The normalized spacial score (nSPS) is 17.1. The van der Waals surface area contributed by atoms with Crippen LogP contribution in [-0.4, -0.2) is 44.0 Å². The summed E-state index contributed by atoms with van der Waals surface area (Å²) in [5.41, 5.74) is 0.544. The molecule has 0 spiro atoms. The van der Waals surface area contributed by atoms with Gasteiger partial charge in [-0.05, 0) is 24.3 Å². The SMILES string of the molecule is O=C(O)C1CCCN1C(=O)Cn1cnc2scc(-c3cccs3)c2c1=O. The molecule has 26 heavy (non-hydrogen) atoms. The number of amides is 1. The zero-order valence-corrected chi connectivity index (χ0v) is 15.3. The molecular weight excluding hydrogens is 374 g/mol. The minimum Gasteiger partial charge on any atom is -0.480 e. The maximum Gasteiger partial charge on any atom is 0.326 e. The highest BCUT2D eigenvalue weighted by atomic mass is 32.1. The second-order valence-electron chi connectivity index (χ2n) is 6.07. The third kappa shape index (κ3) is 2.82. The number of hydrogen-bond donors (Lipinski definition) is 1. The fourth-order valence-corrected chi connectivity index (χ4v) is 4.97. The summed E-state index contributed by atoms with van der Waals surface area (Å²) >= 11 is 2.93. The summed E-state index contributed by atoms with van der Waals surface area (Å²) in [6.07, 6.45) is 2.46. The number of carboxylic acid groups (broad SMARTS) is 1. The van der Waals surface area contributed by atoms with Gasteiger partial charge in [0.15, 0.2) is 0 Å². The van der Waals surface area contributed by atoms with Gasteiger partial charge in [-0.1, -0.05) is 6.07 Å². The molecule has 1 N–H and O–H groups in total. The Morgan fingerprint density at radius 2 is 2.19 bits per heavy atom. The summed E-state index contributed by atoms with van der Waals surface area (Å²) in [5.74, 6) is -1.37. The first-order chi connectivity index (χ1) is 12.6. The van der Waals surface area contributed by atoms with Gasteiger partial charge in [0.25, 0.3) is 5.56 Å². The quantitative estimate of drug-likeness (QED) is 0.739. The molecule has 3 aromatic heterocycles. The number of carbonyl (C=O) groups is 2. The van der Waals surface area contributed by atoms with E-state index in [1.54, 1.807) is 0 Å². The molecule has 0 aliphatic carbocycles. The summed E-state index contributed by atoms with van der Waals surface area (Å²) in [4.78, 5) is 44.0. The van der Waals surface area contributed by atoms with E-state index in [9.17, 15) is 19.5 Å². The predicted molar refractivity (Wildman–Crippen MR) is 99.6 cm³/mol. The van der Waals surface area contributed by atoms with Crippen LogP contribution in [0.1, 0.15) is 12.8 Å². The number of rotatable bonds is 4. The van der Waals surface area contributed by atoms with E-state index in [4.69, 9.17) is 0 Å². The zero-order valence-electron chi connectivity index (χ0n) is 13.6. The molecule has 4 rings (SSSR count). The molecule has 1 aliphatic heterocycles. The van der Waals surface area contributed by atoms with E-state index in [2.05, 4.69) is 4.98 Å². The maximum atomic E-state index is 12.9. The first-order valence-corrected chi connectivity index (χ1v) is 9.85. The van der Waals surface area contributed by atoms with Gasteiger partial charge in [-0.3, -0.25) is 14.2 Å². The Kier molecular flexibility index (Phi) is 4.33. The van der Waals surface area contributed by atoms with Gasteiger partial charge in [0, 0.05) is 22.4 Å². The van der Waals surface area contributed by atoms with E-state index >= 15 is 0 Å². The molecule has 134 valence electrons. The highest BCUT2D eigenvalue weighted by Gasteiger charge is 2.34. The van der Waals surface area contributed by atoms with Crippen LogP contribution < -0.4 is 5.56 Å². The molecule has 1 amide bonds. The van der Waals surface area contributed by atoms with E-state index in [0.717, 1.165) is 10.4 Å². The topological polar surface area (TPSA) is 92.5 Å². The lowest BCUT2D eigenvalue weighted by Crippen LogP contribution is -2.43. The number of carboxylic acids is 1. The van der Waals surface area contributed by atoms with Crippen molar-refractivity contribution in [1.29, 1.82) is 0 Å². The van der Waals surface area contributed by atoms with Crippen molar-refractivity contribution in [3.63, 3.8) is 0 Å². The molecule has 1 aliphatic rings. The lowest BCUT2D eigenvalue weighted by Gasteiger charge is -2.21. The summed E-state index contributed by atoms with van der Waals surface area (Å²) in [5, 5.41) is 13.6. The van der Waals surface area contributed by atoms with Gasteiger partial charge in [-0.15, -0.1) is 22.7 Å². The Bertz CT molecular complexity index is 1040. The van der Waals surface area contributed by atoms with Crippen LogP contribution in [0.25, 0.3) is 20.7 Å². The Morgan fingerprint density at radius 3 is 2.92 bits per heavy atom. The van der Waals surface area contributed by atoms with Crippen molar-refractivity contribution in [2.24, 2.45) is 0 Å². The molecule has 7 nitrogen and oxygen atoms in total. The second kappa shape index (κ2) is 6.65. The van der Waals surface area contributed by atoms with Gasteiger partial charge < -0.3 is 10.0 Å². The van der Waals surface area contributed by atoms with Gasteiger partial charge in [0.05, 0.1) is 11.7 Å². The van der Waals surface area contributed by atoms with E-state index in [1.165, 1.54) is 38.5 Å². The molecule has 0 aromatic carbocycles. The van der Waals surface area contributed by atoms with Crippen molar-refractivity contribution < 1.29 is 14.7 Å². The number of nitrogens with zero attached hydrogens (tertiary/aromatic N) is 3. The zero-order chi connectivity index (χ0) is 18.3. The van der Waals surface area contributed by atoms with Gasteiger partial charge in [0.2, 0.25) is 5.91 Å². The Morgan fingerprint density at radius 1 is 1.35 bits per heavy atom. The van der Waals surface area contributed by atoms with E-state index in [-0.39, 0.29) is 18.0 Å². The van der Waals surface area contributed by atoms with Crippen LogP contribution in [0.15, 0.2) is 34.0 Å². The summed E-state index contributed by atoms with van der Waals surface area (Å²) in [6, 6.07) is 3.05. The number of hydrogen-bond acceptors (Lipinski definition) is 6. The molecule has 1 fully saturated rings. The van der Waals surface area contributed by atoms with Crippen LogP contribution in [0, 0.1) is 0 Å². The molecular formula is C17H15N3O4S2. The highest BCUT2D eigenvalue weighted by Crippen LogP contribution is 2.33. The van der Waals surface area contributed by atoms with Gasteiger partial charge in [-0.2, -0.15) is 0 Å². The third-order valence-corrected chi connectivity index (χ3v) is 6.30. The molecule has 3 aromatic rings. The summed E-state index contributed by atoms with van der Waals surface area (Å²) in [6.45, 7) is 0.199. The van der Waals surface area contributed by atoms with Crippen molar-refractivity contribution in [1.82, 2.24) is 14.5 Å². The van der Waals surface area contributed by atoms with Crippen LogP contribution in [0.5, 0.6) is 0 Å². The summed E-state index contributed by atoms with van der Waals surface area (Å²) < 4.78 is 1.27. The maximum absolute atomic E-state index is 12.9. The molecule has 1 saturated heterocycles. The molecule has 0 bridgehead atoms. The van der Waals surface area contributed by atoms with E-state index < -0.39 is 12.0 Å². The van der Waals surface area contributed by atoms with Crippen molar-refractivity contribution in [3.8, 4) is 10.4 Å². The predicted octanol–water partition coefficient (Wildman–Crippen LogP) is 2.26. The van der Waals surface area contributed by atoms with Crippen LogP contribution in [0.2, 0.25) is 0 Å². The average molecular weight is 389 g/mol. The lowest BCUT2D eigenvalue weighted by atomic mass is 10.2. The number of carbonyl (C=O) groups excluding carboxylic acids is 1. The number of fused-ring (bicyclic) bond motifs is 1. The van der Waals surface area contributed by atoms with Crippen LogP contribution in [-0.2, 0) is 16.1 Å². The third-order valence-electron chi connectivity index (χ3n) is 4.51. The highest BCUT2D eigenvalue weighted by molar-refractivity contribution is 7.18.